The Bertz CT molecular complexity index is 2670. The van der Waals surface area contributed by atoms with Crippen molar-refractivity contribution in [2.24, 2.45) is 0 Å². The number of aromatic hydroxyl groups is 2. The SMILES string of the molecule is COc1cc(/C=C/C(=O)OO[C@H]2[C@H](O[C@H]3[C@H](Oc4ccc(-c5cc(=O)c6c(O)cc(O[C@@H]7O[C@H](C(=O)O)[C@@H](O)[C@H](O)[C@H]7O)cc6o5)cc4)O[C@H](C(=O)O)[C@@H](O)[C@@H]3O)O[C@H](C(=O)O)[C@@H](O)[C@@H]2O)ccc1O. The smallest absolute Gasteiger partial charge is 0.365 e. The second kappa shape index (κ2) is 20.9. The summed E-state index contributed by atoms with van der Waals surface area (Å²) in [5.41, 5.74) is -0.604. The van der Waals surface area contributed by atoms with Crippen molar-refractivity contribution >= 4 is 40.9 Å². The van der Waals surface area contributed by atoms with Crippen molar-refractivity contribution in [1.29, 1.82) is 0 Å². The van der Waals surface area contributed by atoms with E-state index in [4.69, 9.17) is 47.4 Å². The van der Waals surface area contributed by atoms with Gasteiger partial charge in [-0.1, -0.05) is 6.07 Å². The van der Waals surface area contributed by atoms with Crippen LogP contribution in [0.15, 0.2) is 76.0 Å². The van der Waals surface area contributed by atoms with Gasteiger partial charge in [-0.15, -0.1) is 0 Å². The quantitative estimate of drug-likeness (QED) is 0.0334. The van der Waals surface area contributed by atoms with Crippen LogP contribution in [0.25, 0.3) is 28.4 Å². The molecule has 3 fully saturated rings. The van der Waals surface area contributed by atoms with E-state index in [0.29, 0.717) is 5.56 Å². The molecule has 12 N–H and O–H groups in total. The normalized spacial score (nSPS) is 31.2. The standard InChI is InChI=1S/C43H42O27/c1-61-22-10-14(2-8-18(22)44)3-9-24(47)69-70-37-31(53)29(51)35(40(59)60)67-43(37)68-36-30(52)28(50)34(39(57)58)66-42(36)62-16-6-4-15(5-7-16)21-13-20(46)25-19(45)11-17(12-23(25)64-21)63-41-32(54)26(48)27(49)33(65-41)38(55)56/h2-13,26-37,41-45,48-54H,1H3,(H,55,56)(H,57,58)(H,59,60)/b9-3+/t26-,27-,28-,29-,30-,31-,32+,33-,34-,35-,36+,37+,41+,42+,43-/m0/s1. The van der Waals surface area contributed by atoms with Crippen LogP contribution in [-0.2, 0) is 47.9 Å². The molecule has 0 spiro atoms. The van der Waals surface area contributed by atoms with E-state index in [0.717, 1.165) is 24.3 Å². The molecule has 376 valence electrons. The lowest BCUT2D eigenvalue weighted by molar-refractivity contribution is -0.402. The highest BCUT2D eigenvalue weighted by molar-refractivity contribution is 5.87. The number of methoxy groups -OCH3 is 1. The van der Waals surface area contributed by atoms with Gasteiger partial charge in [-0.25, -0.2) is 19.2 Å². The van der Waals surface area contributed by atoms with Gasteiger partial charge in [0.05, 0.1) is 7.11 Å². The molecule has 27 heteroatoms. The molecule has 27 nitrogen and oxygen atoms in total. The lowest BCUT2D eigenvalue weighted by Crippen LogP contribution is -2.66. The number of phenolic OH excluding ortho intramolecular Hbond substituents is 2. The zero-order chi connectivity index (χ0) is 50.9. The molecule has 0 saturated carbocycles. The Hall–Kier alpha value is -6.99. The summed E-state index contributed by atoms with van der Waals surface area (Å²) in [4.78, 5) is 71.3. The van der Waals surface area contributed by atoms with Gasteiger partial charge in [0.15, 0.2) is 53.7 Å². The van der Waals surface area contributed by atoms with E-state index in [9.17, 15) is 85.3 Å². The number of aliphatic hydroxyl groups is 7. The van der Waals surface area contributed by atoms with E-state index in [1.165, 1.54) is 55.7 Å². The molecular formula is C43H42O27. The van der Waals surface area contributed by atoms with E-state index < -0.39 is 127 Å². The number of benzene rings is 3. The molecule has 3 aromatic carbocycles. The minimum atomic E-state index is -2.27. The van der Waals surface area contributed by atoms with Crippen molar-refractivity contribution in [1.82, 2.24) is 0 Å². The van der Waals surface area contributed by atoms with Crippen molar-refractivity contribution in [3.8, 4) is 40.1 Å². The van der Waals surface area contributed by atoms with E-state index in [2.05, 4.69) is 0 Å². The van der Waals surface area contributed by atoms with Gasteiger partial charge in [-0.3, -0.25) is 9.68 Å². The fraction of sp³-hybridized carbons (Fsp3) is 0.372. The van der Waals surface area contributed by atoms with Crippen molar-refractivity contribution in [3.63, 3.8) is 0 Å². The van der Waals surface area contributed by atoms with Crippen LogP contribution >= 0.6 is 0 Å². The minimum Gasteiger partial charge on any atom is -0.507 e. The number of ether oxygens (including phenoxy) is 7. The number of aliphatic carboxylic acids is 3. The van der Waals surface area contributed by atoms with E-state index in [1.54, 1.807) is 0 Å². The first-order chi connectivity index (χ1) is 33.2. The van der Waals surface area contributed by atoms with Gasteiger partial charge in [0.25, 0.3) is 0 Å². The van der Waals surface area contributed by atoms with Crippen molar-refractivity contribution in [2.75, 3.05) is 7.11 Å². The predicted octanol–water partition coefficient (Wildman–Crippen LogP) is -2.47. The average Bonchev–Trinajstić information content (AvgIpc) is 3.31. The highest BCUT2D eigenvalue weighted by Gasteiger charge is 2.55. The summed E-state index contributed by atoms with van der Waals surface area (Å²) < 4.78 is 43.8. The highest BCUT2D eigenvalue weighted by atomic mass is 17.2. The van der Waals surface area contributed by atoms with E-state index in [-0.39, 0.29) is 45.3 Å². The van der Waals surface area contributed by atoms with Crippen LogP contribution in [0, 0.1) is 0 Å². The number of aliphatic hydroxyl groups excluding tert-OH is 7. The molecular weight excluding hydrogens is 948 g/mol. The first-order valence-corrected chi connectivity index (χ1v) is 20.4. The molecule has 70 heavy (non-hydrogen) atoms. The molecule has 3 saturated heterocycles. The minimum absolute atomic E-state index is 0.0640. The van der Waals surface area contributed by atoms with Gasteiger partial charge in [0.2, 0.25) is 12.6 Å². The number of carbonyl (C=O) groups excluding carboxylic acids is 1. The molecule has 4 aromatic rings. The van der Waals surface area contributed by atoms with Crippen LogP contribution in [0.2, 0.25) is 0 Å². The van der Waals surface area contributed by atoms with Crippen LogP contribution in [0.4, 0.5) is 0 Å². The number of carboxylic acids is 3. The Morgan fingerprint density at radius 1 is 0.600 bits per heavy atom. The Morgan fingerprint density at radius 2 is 1.17 bits per heavy atom. The molecule has 0 bridgehead atoms. The number of hydrogen-bond acceptors (Lipinski definition) is 24. The predicted molar refractivity (Wildman–Crippen MR) is 221 cm³/mol. The van der Waals surface area contributed by atoms with Crippen LogP contribution < -0.4 is 19.6 Å². The number of carboxylic acid groups (broad SMARTS) is 3. The summed E-state index contributed by atoms with van der Waals surface area (Å²) in [6.45, 7) is 0. The van der Waals surface area contributed by atoms with Gasteiger partial charge in [-0.2, -0.15) is 4.89 Å². The van der Waals surface area contributed by atoms with E-state index in [1.807, 2.05) is 0 Å². The fourth-order valence-electron chi connectivity index (χ4n) is 7.35. The lowest BCUT2D eigenvalue weighted by atomic mass is 9.97. The van der Waals surface area contributed by atoms with Crippen LogP contribution in [0.5, 0.6) is 28.7 Å². The monoisotopic (exact) mass is 990 g/mol. The number of phenols is 2. The van der Waals surface area contributed by atoms with Crippen LogP contribution in [0.1, 0.15) is 5.56 Å². The Kier molecular flexibility index (Phi) is 15.2. The third-order valence-electron chi connectivity index (χ3n) is 11.0. The largest absolute Gasteiger partial charge is 0.507 e. The van der Waals surface area contributed by atoms with Crippen molar-refractivity contribution in [2.45, 2.75) is 92.1 Å². The first-order valence-electron chi connectivity index (χ1n) is 20.4. The topological polar surface area (TPSA) is 424 Å². The number of fused-ring (bicyclic) bond motifs is 1. The van der Waals surface area contributed by atoms with Crippen molar-refractivity contribution in [3.05, 3.63) is 82.5 Å². The molecule has 15 atom stereocenters. The molecule has 0 aliphatic carbocycles. The Labute approximate surface area is 390 Å². The highest BCUT2D eigenvalue weighted by Crippen LogP contribution is 2.36. The summed E-state index contributed by atoms with van der Waals surface area (Å²) in [7, 11) is 1.29. The fourth-order valence-corrected chi connectivity index (χ4v) is 7.35. The summed E-state index contributed by atoms with van der Waals surface area (Å²) in [5, 5.41) is 123. The van der Waals surface area contributed by atoms with Gasteiger partial charge in [-0.05, 0) is 48.0 Å². The Morgan fingerprint density at radius 3 is 1.79 bits per heavy atom. The molecule has 1 aromatic heterocycles. The summed E-state index contributed by atoms with van der Waals surface area (Å²) in [5.74, 6) is -8.04. The molecule has 3 aliphatic heterocycles. The van der Waals surface area contributed by atoms with Crippen LogP contribution in [0.3, 0.4) is 0 Å². The molecule has 7 rings (SSSR count). The van der Waals surface area contributed by atoms with Crippen LogP contribution in [-0.4, -0.2) is 184 Å². The van der Waals surface area contributed by atoms with Gasteiger partial charge in [0.1, 0.15) is 76.7 Å². The third kappa shape index (κ3) is 10.6. The summed E-state index contributed by atoms with van der Waals surface area (Å²) in [6.07, 6.45) is -29.8. The number of carbonyl (C=O) groups is 4. The van der Waals surface area contributed by atoms with Crippen molar-refractivity contribution < 1.29 is 128 Å². The third-order valence-corrected chi connectivity index (χ3v) is 11.0. The van der Waals surface area contributed by atoms with Gasteiger partial charge in [0, 0.05) is 29.8 Å². The zero-order valence-corrected chi connectivity index (χ0v) is 35.6. The number of rotatable bonds is 15. The van der Waals surface area contributed by atoms with E-state index >= 15 is 0 Å². The maximum absolute atomic E-state index is 13.2. The maximum atomic E-state index is 13.2. The maximum Gasteiger partial charge on any atom is 0.365 e. The lowest BCUT2D eigenvalue weighted by Gasteiger charge is -2.45. The molecule has 4 heterocycles. The molecule has 0 unspecified atom stereocenters. The zero-order valence-electron chi connectivity index (χ0n) is 35.6. The Balaban J connectivity index is 1.11. The molecule has 3 aliphatic rings. The number of hydrogen-bond donors (Lipinski definition) is 12. The summed E-state index contributed by atoms with van der Waals surface area (Å²) >= 11 is 0. The van der Waals surface area contributed by atoms with Gasteiger partial charge >= 0.3 is 23.9 Å². The molecule has 0 amide bonds. The van der Waals surface area contributed by atoms with Gasteiger partial charge < -0.3 is 98.9 Å². The second-order valence-electron chi connectivity index (χ2n) is 15.6. The molecule has 0 radical (unpaired) electrons. The summed E-state index contributed by atoms with van der Waals surface area (Å²) in [6, 6.07) is 12.0. The first kappa shape index (κ1) is 50.9. The second-order valence-corrected chi connectivity index (χ2v) is 15.6. The average molecular weight is 991 g/mol.